The predicted octanol–water partition coefficient (Wildman–Crippen LogP) is -3.45. The van der Waals surface area contributed by atoms with Crippen LogP contribution in [0.1, 0.15) is 20.8 Å². The average Bonchev–Trinajstić information content (AvgIpc) is 2.65. The molecule has 0 fully saturated rings. The first-order chi connectivity index (χ1) is 13.5. The number of thiol groups is 1. The van der Waals surface area contributed by atoms with E-state index in [1.165, 1.54) is 6.92 Å². The van der Waals surface area contributed by atoms with Gasteiger partial charge in [-0.2, -0.15) is 12.6 Å². The molecule has 0 heterocycles. The van der Waals surface area contributed by atoms with Crippen molar-refractivity contribution >= 4 is 36.5 Å². The summed E-state index contributed by atoms with van der Waals surface area (Å²) < 4.78 is 0. The van der Waals surface area contributed by atoms with Gasteiger partial charge in [0.25, 0.3) is 0 Å². The monoisotopic (exact) mass is 462 g/mol. The van der Waals surface area contributed by atoms with Crippen LogP contribution in [0.2, 0.25) is 0 Å². The summed E-state index contributed by atoms with van der Waals surface area (Å²) in [6.07, 6.45) is -0.979. The smallest absolute Gasteiger partial charge is 0.323 e. The fourth-order valence-corrected chi connectivity index (χ4v) is 0.804. The number of hydrogen-bond acceptors (Lipinski definition) is 11. The van der Waals surface area contributed by atoms with Crippen molar-refractivity contribution in [2.75, 3.05) is 12.4 Å². The largest absolute Gasteiger partial charge is 0.480 e. The zero-order chi connectivity index (χ0) is 25.2. The molecule has 0 radical (unpaired) electrons. The van der Waals surface area contributed by atoms with Crippen LogP contribution in [0.15, 0.2) is 0 Å². The third-order valence-corrected chi connectivity index (χ3v) is 3.23. The van der Waals surface area contributed by atoms with Gasteiger partial charge in [0.05, 0.1) is 12.7 Å². The number of carboxylic acid groups (broad SMARTS) is 4. The van der Waals surface area contributed by atoms with Gasteiger partial charge >= 0.3 is 23.9 Å². The van der Waals surface area contributed by atoms with Gasteiger partial charge in [0.2, 0.25) is 0 Å². The fraction of sp³-hybridized carbons (Fsp3) is 0.733. The Bertz CT molecular complexity index is 464. The number of hydrogen-bond donors (Lipinski definition) is 11. The van der Waals surface area contributed by atoms with Crippen molar-refractivity contribution in [3.8, 4) is 0 Å². The molecule has 180 valence electrons. The molecular formula is C15H34N4O10S. The Morgan fingerprint density at radius 2 is 1.07 bits per heavy atom. The number of aliphatic carboxylic acids is 4. The van der Waals surface area contributed by atoms with Crippen LogP contribution < -0.4 is 22.9 Å². The van der Waals surface area contributed by atoms with Crippen LogP contribution in [0, 0.1) is 5.92 Å². The highest BCUT2D eigenvalue weighted by Crippen LogP contribution is 1.96. The Morgan fingerprint density at radius 1 is 0.733 bits per heavy atom. The molecule has 14 N–H and O–H groups in total. The lowest BCUT2D eigenvalue weighted by molar-refractivity contribution is -0.141. The van der Waals surface area contributed by atoms with E-state index in [4.69, 9.17) is 53.6 Å². The number of rotatable bonds is 8. The standard InChI is InChI=1S/C5H11NO2.C4H9NO3.C3H7NO3.C3H7NO2S/c1-3(2)4(6)5(7)8;1-2(6)3(5)4(7)8;4-2(1-5)3(6)7;4-2(1-7)3(5)6/h3-4H,6H2,1-2H3,(H,7,8);2-3,6H,5H2,1H3,(H,7,8);2,5H,1,4H2,(H,6,7);2,7H,1,4H2,(H,5,6)/t4-;2-,3+;2*2-/m0100/s1. The minimum atomic E-state index is -1.18. The molecule has 15 heteroatoms. The molecule has 0 bridgehead atoms. The van der Waals surface area contributed by atoms with Gasteiger partial charge in [0, 0.05) is 5.75 Å². The van der Waals surface area contributed by atoms with Crippen molar-refractivity contribution in [1.29, 1.82) is 0 Å². The lowest BCUT2D eigenvalue weighted by Crippen LogP contribution is -2.39. The molecule has 0 aliphatic rings. The topological polar surface area (TPSA) is 294 Å². The normalized spacial score (nSPS) is 14.6. The van der Waals surface area contributed by atoms with E-state index in [9.17, 15) is 19.2 Å². The molecule has 0 unspecified atom stereocenters. The second-order valence-corrected chi connectivity index (χ2v) is 6.33. The minimum Gasteiger partial charge on any atom is -0.480 e. The first-order valence-corrected chi connectivity index (χ1v) is 8.94. The fourth-order valence-electron chi connectivity index (χ4n) is 0.648. The molecule has 0 aromatic rings. The Kier molecular flexibility index (Phi) is 23.9. The van der Waals surface area contributed by atoms with Crippen molar-refractivity contribution in [1.82, 2.24) is 0 Å². The van der Waals surface area contributed by atoms with Crippen LogP contribution in [-0.4, -0.2) is 97.1 Å². The van der Waals surface area contributed by atoms with Gasteiger partial charge in [0.1, 0.15) is 24.2 Å². The lowest BCUT2D eigenvalue weighted by atomic mass is 10.1. The summed E-state index contributed by atoms with van der Waals surface area (Å²) in [4.78, 5) is 39.3. The summed E-state index contributed by atoms with van der Waals surface area (Å²) in [5.74, 6) is -4.08. The summed E-state index contributed by atoms with van der Waals surface area (Å²) in [5, 5.41) is 48.7. The maximum Gasteiger partial charge on any atom is 0.323 e. The summed E-state index contributed by atoms with van der Waals surface area (Å²) in [7, 11) is 0. The quantitative estimate of drug-likeness (QED) is 0.156. The molecule has 5 atom stereocenters. The van der Waals surface area contributed by atoms with Crippen LogP contribution in [-0.2, 0) is 19.2 Å². The number of carbonyl (C=O) groups is 4. The summed E-state index contributed by atoms with van der Waals surface area (Å²) in [6, 6.07) is -3.81. The second kappa shape index (κ2) is 20.3. The third-order valence-electron chi connectivity index (χ3n) is 2.84. The molecule has 0 aromatic heterocycles. The van der Waals surface area contributed by atoms with E-state index in [-0.39, 0.29) is 11.7 Å². The van der Waals surface area contributed by atoms with Gasteiger partial charge in [-0.15, -0.1) is 0 Å². The van der Waals surface area contributed by atoms with Crippen molar-refractivity contribution in [2.45, 2.75) is 51.0 Å². The molecule has 0 spiro atoms. The lowest BCUT2D eigenvalue weighted by Gasteiger charge is -2.07. The number of nitrogens with two attached hydrogens (primary N) is 4. The Labute approximate surface area is 179 Å². The predicted molar refractivity (Wildman–Crippen MR) is 110 cm³/mol. The van der Waals surface area contributed by atoms with Gasteiger partial charge < -0.3 is 53.6 Å². The zero-order valence-electron chi connectivity index (χ0n) is 17.0. The molecule has 0 aliphatic carbocycles. The molecule has 0 saturated carbocycles. The highest BCUT2D eigenvalue weighted by Gasteiger charge is 2.16. The van der Waals surface area contributed by atoms with Gasteiger partial charge in [-0.25, -0.2) is 0 Å². The summed E-state index contributed by atoms with van der Waals surface area (Å²) >= 11 is 3.65. The van der Waals surface area contributed by atoms with E-state index in [0.29, 0.717) is 0 Å². The van der Waals surface area contributed by atoms with Gasteiger partial charge in [-0.1, -0.05) is 13.8 Å². The molecule has 0 aromatic carbocycles. The van der Waals surface area contributed by atoms with Crippen LogP contribution in [0.4, 0.5) is 0 Å². The van der Waals surface area contributed by atoms with Crippen LogP contribution in [0.5, 0.6) is 0 Å². The second-order valence-electron chi connectivity index (χ2n) is 5.97. The molecule has 0 saturated heterocycles. The van der Waals surface area contributed by atoms with Gasteiger partial charge in [-0.3, -0.25) is 19.2 Å². The van der Waals surface area contributed by atoms with E-state index in [1.807, 2.05) is 0 Å². The van der Waals surface area contributed by atoms with Crippen LogP contribution in [0.3, 0.4) is 0 Å². The zero-order valence-corrected chi connectivity index (χ0v) is 17.8. The first kappa shape index (κ1) is 35.4. The SMILES string of the molecule is CC(C)[C@H](N)C(=O)O.C[C@@H](O)[C@H](N)C(=O)O.N[C@@H](CO)C(=O)O.N[C@@H](CS)C(=O)O. The van der Waals surface area contributed by atoms with E-state index >= 15 is 0 Å². The highest BCUT2D eigenvalue weighted by molar-refractivity contribution is 7.80. The van der Waals surface area contributed by atoms with Gasteiger partial charge in [-0.05, 0) is 12.8 Å². The van der Waals surface area contributed by atoms with Gasteiger partial charge in [0.15, 0.2) is 0 Å². The summed E-state index contributed by atoms with van der Waals surface area (Å²) in [5.41, 5.74) is 19.8. The Morgan fingerprint density at radius 3 is 1.07 bits per heavy atom. The molecule has 0 rings (SSSR count). The van der Waals surface area contributed by atoms with E-state index in [0.717, 1.165) is 0 Å². The van der Waals surface area contributed by atoms with E-state index < -0.39 is 60.8 Å². The maximum atomic E-state index is 10.0. The van der Waals surface area contributed by atoms with E-state index in [2.05, 4.69) is 12.6 Å². The first-order valence-electron chi connectivity index (χ1n) is 8.30. The highest BCUT2D eigenvalue weighted by atomic mass is 32.1. The Hall–Kier alpha value is -2.01. The molecular weight excluding hydrogens is 428 g/mol. The number of aliphatic hydroxyl groups excluding tert-OH is 2. The summed E-state index contributed by atoms with van der Waals surface area (Å²) in [6.45, 7) is 4.38. The minimum absolute atomic E-state index is 0.0208. The molecule has 14 nitrogen and oxygen atoms in total. The maximum absolute atomic E-state index is 10.0. The van der Waals surface area contributed by atoms with Crippen molar-refractivity contribution in [3.05, 3.63) is 0 Å². The third kappa shape index (κ3) is 24.0. The Balaban J connectivity index is -0.000000151. The van der Waals surface area contributed by atoms with Crippen molar-refractivity contribution in [2.24, 2.45) is 28.9 Å². The van der Waals surface area contributed by atoms with Crippen molar-refractivity contribution in [3.63, 3.8) is 0 Å². The van der Waals surface area contributed by atoms with Crippen LogP contribution >= 0.6 is 12.6 Å². The molecule has 0 aliphatic heterocycles. The molecule has 0 amide bonds. The van der Waals surface area contributed by atoms with Crippen LogP contribution in [0.25, 0.3) is 0 Å². The number of aliphatic hydroxyl groups is 2. The molecule has 30 heavy (non-hydrogen) atoms. The van der Waals surface area contributed by atoms with E-state index in [1.54, 1.807) is 13.8 Å². The number of carboxylic acids is 4. The van der Waals surface area contributed by atoms with Crippen molar-refractivity contribution < 1.29 is 49.8 Å². The average molecular weight is 463 g/mol.